The monoisotopic (exact) mass is 459 g/mol. The van der Waals surface area contributed by atoms with Crippen molar-refractivity contribution in [1.29, 1.82) is 0 Å². The number of para-hydroxylation sites is 1. The predicted octanol–water partition coefficient (Wildman–Crippen LogP) is 6.09. The molecular weight excluding hydrogens is 453 g/mol. The van der Waals surface area contributed by atoms with Gasteiger partial charge in [0.25, 0.3) is 5.91 Å². The first-order chi connectivity index (χ1) is 11.6. The number of carbonyl (C=O) groups is 1. The lowest BCUT2D eigenvalue weighted by Crippen LogP contribution is -2.21. The largest absolute Gasteiger partial charge is 0.483 e. The quantitative estimate of drug-likeness (QED) is 0.561. The van der Waals surface area contributed by atoms with Gasteiger partial charge in [0.2, 0.25) is 0 Å². The summed E-state index contributed by atoms with van der Waals surface area (Å²) >= 11 is 14.7. The molecule has 1 N–H and O–H groups in total. The second-order valence-corrected chi connectivity index (χ2v) is 6.39. The van der Waals surface area contributed by atoms with E-state index in [9.17, 15) is 22.4 Å². The zero-order chi connectivity index (χ0) is 18.8. The first kappa shape index (κ1) is 19.8. The first-order valence-corrected chi connectivity index (χ1v) is 8.07. The van der Waals surface area contributed by atoms with Crippen LogP contribution in [0.2, 0.25) is 10.0 Å². The van der Waals surface area contributed by atoms with Gasteiger partial charge in [-0.25, -0.2) is 4.39 Å². The van der Waals surface area contributed by atoms with Gasteiger partial charge in [-0.05, 0) is 40.2 Å². The van der Waals surface area contributed by atoms with Crippen molar-refractivity contribution < 1.29 is 27.1 Å². The molecule has 3 nitrogen and oxygen atoms in total. The molecule has 2 rings (SSSR count). The number of anilines is 1. The number of amides is 1. The van der Waals surface area contributed by atoms with E-state index in [0.717, 1.165) is 12.1 Å². The first-order valence-electron chi connectivity index (χ1n) is 6.52. The highest BCUT2D eigenvalue weighted by Gasteiger charge is 2.30. The van der Waals surface area contributed by atoms with Crippen molar-refractivity contribution in [3.63, 3.8) is 0 Å². The molecule has 10 heteroatoms. The summed E-state index contributed by atoms with van der Waals surface area (Å²) in [5, 5.41) is 2.55. The van der Waals surface area contributed by atoms with Crippen LogP contribution in [-0.2, 0) is 0 Å². The van der Waals surface area contributed by atoms with E-state index in [1.165, 1.54) is 18.2 Å². The lowest BCUT2D eigenvalue weighted by Gasteiger charge is -2.15. The zero-order valence-corrected chi connectivity index (χ0v) is 15.2. The average Bonchev–Trinajstić information content (AvgIpc) is 2.51. The topological polar surface area (TPSA) is 38.3 Å². The molecular formula is C15H8BrCl2F4NO2. The van der Waals surface area contributed by atoms with Crippen LogP contribution in [0, 0.1) is 5.82 Å². The number of hydrogen-bond acceptors (Lipinski definition) is 2. The van der Waals surface area contributed by atoms with E-state index in [-0.39, 0.29) is 20.2 Å². The minimum atomic E-state index is -4.62. The molecule has 25 heavy (non-hydrogen) atoms. The fourth-order valence-corrected chi connectivity index (χ4v) is 2.60. The van der Waals surface area contributed by atoms with Gasteiger partial charge in [0, 0.05) is 0 Å². The smallest absolute Gasteiger partial charge is 0.422 e. The van der Waals surface area contributed by atoms with Crippen LogP contribution in [0.3, 0.4) is 0 Å². The van der Waals surface area contributed by atoms with Crippen molar-refractivity contribution in [2.75, 3.05) is 11.9 Å². The van der Waals surface area contributed by atoms with Crippen LogP contribution in [0.25, 0.3) is 0 Å². The van der Waals surface area contributed by atoms with Gasteiger partial charge >= 0.3 is 6.18 Å². The van der Waals surface area contributed by atoms with Gasteiger partial charge in [-0.1, -0.05) is 29.3 Å². The molecule has 0 heterocycles. The van der Waals surface area contributed by atoms with E-state index in [1.54, 1.807) is 0 Å². The van der Waals surface area contributed by atoms with E-state index in [4.69, 9.17) is 23.2 Å². The van der Waals surface area contributed by atoms with E-state index in [0.29, 0.717) is 0 Å². The molecule has 134 valence electrons. The molecule has 0 spiro atoms. The molecule has 0 saturated carbocycles. The number of benzene rings is 2. The second kappa shape index (κ2) is 7.80. The Morgan fingerprint density at radius 3 is 2.36 bits per heavy atom. The molecule has 2 aromatic rings. The summed E-state index contributed by atoms with van der Waals surface area (Å²) in [6.07, 6.45) is -4.62. The Balaban J connectivity index is 2.36. The van der Waals surface area contributed by atoms with Gasteiger partial charge in [0.15, 0.2) is 6.61 Å². The molecule has 0 fully saturated rings. The maximum absolute atomic E-state index is 13.7. The Kier molecular flexibility index (Phi) is 6.18. The van der Waals surface area contributed by atoms with Crippen molar-refractivity contribution in [3.8, 4) is 5.75 Å². The zero-order valence-electron chi connectivity index (χ0n) is 12.1. The summed E-state index contributed by atoms with van der Waals surface area (Å²) in [5.41, 5.74) is -0.401. The number of alkyl halides is 3. The summed E-state index contributed by atoms with van der Waals surface area (Å²) in [4.78, 5) is 12.4. The molecule has 0 aliphatic rings. The van der Waals surface area contributed by atoms with E-state index >= 15 is 0 Å². The maximum Gasteiger partial charge on any atom is 0.422 e. The van der Waals surface area contributed by atoms with Gasteiger partial charge in [0.05, 0.1) is 25.8 Å². The number of ether oxygens (including phenoxy) is 1. The van der Waals surface area contributed by atoms with E-state index in [2.05, 4.69) is 26.0 Å². The Morgan fingerprint density at radius 1 is 1.20 bits per heavy atom. The Hall–Kier alpha value is -1.51. The van der Waals surface area contributed by atoms with Gasteiger partial charge < -0.3 is 10.1 Å². The van der Waals surface area contributed by atoms with Crippen LogP contribution in [0.15, 0.2) is 34.8 Å². The SMILES string of the molecule is O=C(Nc1c(Cl)cccc1Cl)c1cc(F)c(Br)cc1OCC(F)(F)F. The number of halogens is 7. The Bertz CT molecular complexity index is 795. The molecule has 1 amide bonds. The molecule has 0 atom stereocenters. The van der Waals surface area contributed by atoms with Gasteiger partial charge in [-0.2, -0.15) is 13.2 Å². The van der Waals surface area contributed by atoms with Crippen LogP contribution in [0.4, 0.5) is 23.2 Å². The third-order valence-corrected chi connectivity index (χ3v) is 4.10. The molecule has 0 saturated heterocycles. The second-order valence-electron chi connectivity index (χ2n) is 4.72. The van der Waals surface area contributed by atoms with Gasteiger partial charge in [-0.3, -0.25) is 4.79 Å². The van der Waals surface area contributed by atoms with Crippen LogP contribution < -0.4 is 10.1 Å². The maximum atomic E-state index is 13.7. The molecule has 0 radical (unpaired) electrons. The Morgan fingerprint density at radius 2 is 1.80 bits per heavy atom. The van der Waals surface area contributed by atoms with Gasteiger partial charge in [-0.15, -0.1) is 0 Å². The standard InChI is InChI=1S/C15H8BrCl2F4NO2/c16-8-5-12(25-6-15(20,21)22)7(4-11(8)19)14(24)23-13-9(17)2-1-3-10(13)18/h1-5H,6H2,(H,23,24). The predicted molar refractivity (Wildman–Crippen MR) is 90.1 cm³/mol. The molecule has 0 unspecified atom stereocenters. The van der Waals surface area contributed by atoms with Crippen LogP contribution in [0.1, 0.15) is 10.4 Å². The highest BCUT2D eigenvalue weighted by molar-refractivity contribution is 9.10. The van der Waals surface area contributed by atoms with E-state index in [1.807, 2.05) is 0 Å². The fourth-order valence-electron chi connectivity index (χ4n) is 1.78. The van der Waals surface area contributed by atoms with Crippen molar-refractivity contribution in [2.45, 2.75) is 6.18 Å². The highest BCUT2D eigenvalue weighted by Crippen LogP contribution is 2.33. The van der Waals surface area contributed by atoms with Crippen LogP contribution >= 0.6 is 39.1 Å². The third kappa shape index (κ3) is 5.23. The minimum absolute atomic E-state index is 0.0425. The lowest BCUT2D eigenvalue weighted by molar-refractivity contribution is -0.153. The number of nitrogens with one attached hydrogen (secondary N) is 1. The third-order valence-electron chi connectivity index (χ3n) is 2.86. The molecule has 2 aromatic carbocycles. The fraction of sp³-hybridized carbons (Fsp3) is 0.133. The van der Waals surface area contributed by atoms with Crippen molar-refractivity contribution in [3.05, 3.63) is 56.2 Å². The van der Waals surface area contributed by atoms with Gasteiger partial charge in [0.1, 0.15) is 11.6 Å². The molecule has 0 aliphatic heterocycles. The summed E-state index contributed by atoms with van der Waals surface area (Å²) in [6.45, 7) is -1.64. The van der Waals surface area contributed by atoms with Crippen LogP contribution in [0.5, 0.6) is 5.75 Å². The molecule has 0 aliphatic carbocycles. The highest BCUT2D eigenvalue weighted by atomic mass is 79.9. The molecule has 0 aromatic heterocycles. The lowest BCUT2D eigenvalue weighted by atomic mass is 10.1. The Labute approximate surface area is 158 Å². The average molecular weight is 461 g/mol. The molecule has 0 bridgehead atoms. The van der Waals surface area contributed by atoms with Crippen molar-refractivity contribution >= 4 is 50.7 Å². The van der Waals surface area contributed by atoms with E-state index < -0.39 is 35.8 Å². The van der Waals surface area contributed by atoms with Crippen molar-refractivity contribution in [1.82, 2.24) is 0 Å². The summed E-state index contributed by atoms with van der Waals surface area (Å²) in [5.74, 6) is -2.24. The summed E-state index contributed by atoms with van der Waals surface area (Å²) in [6, 6.07) is 6.12. The normalized spacial score (nSPS) is 11.3. The van der Waals surface area contributed by atoms with Crippen LogP contribution in [-0.4, -0.2) is 18.7 Å². The van der Waals surface area contributed by atoms with Crippen molar-refractivity contribution in [2.24, 2.45) is 0 Å². The number of carbonyl (C=O) groups excluding carboxylic acids is 1. The number of hydrogen-bond donors (Lipinski definition) is 1. The minimum Gasteiger partial charge on any atom is -0.483 e. The summed E-state index contributed by atoms with van der Waals surface area (Å²) in [7, 11) is 0. The number of rotatable bonds is 4. The summed E-state index contributed by atoms with van der Waals surface area (Å²) < 4.78 is 55.3.